The van der Waals surface area contributed by atoms with E-state index in [1.807, 2.05) is 0 Å². The van der Waals surface area contributed by atoms with Gasteiger partial charge in [-0.2, -0.15) is 0 Å². The van der Waals surface area contributed by atoms with Gasteiger partial charge in [0.15, 0.2) is 6.23 Å². The molecule has 0 unspecified atom stereocenters. The standard InChI is InChI=1S/C38H71N3O9/c1-3-5-7-9-11-13-15-16-18-20-22-24-33(45)41(27-23-21-19-17-14-12-10-8-6-4-2)38-35(37(49)36(48)30(29-42)50-38)40-32(44)28-39-31(43)25-26-34(46)47/h30,35-38,42,48-49H,3-29H2,1-2H3,(H,39,43)(H,40,44)(H,46,47)/t30-,35+,36-,37-,38-/m1/s1. The lowest BCUT2D eigenvalue weighted by molar-refractivity contribution is -0.231. The number of unbranched alkanes of at least 4 members (excludes halogenated alkanes) is 19. The molecule has 0 aromatic heterocycles. The number of hydrogen-bond acceptors (Lipinski definition) is 8. The topological polar surface area (TPSA) is 186 Å². The first kappa shape index (κ1) is 45.7. The van der Waals surface area contributed by atoms with Crippen LogP contribution in [0, 0.1) is 0 Å². The first-order valence-corrected chi connectivity index (χ1v) is 19.9. The summed E-state index contributed by atoms with van der Waals surface area (Å²) in [6.07, 6.45) is 18.1. The largest absolute Gasteiger partial charge is 0.481 e. The van der Waals surface area contributed by atoms with E-state index in [1.54, 1.807) is 0 Å². The number of carboxylic acids is 1. The van der Waals surface area contributed by atoms with Crippen LogP contribution in [0.2, 0.25) is 0 Å². The van der Waals surface area contributed by atoms with Gasteiger partial charge < -0.3 is 40.7 Å². The van der Waals surface area contributed by atoms with Crippen molar-refractivity contribution in [2.45, 2.75) is 199 Å². The normalized spacial score (nSPS) is 20.4. The predicted molar refractivity (Wildman–Crippen MR) is 194 cm³/mol. The first-order chi connectivity index (χ1) is 24.2. The highest BCUT2D eigenvalue weighted by atomic mass is 16.5. The van der Waals surface area contributed by atoms with Crippen LogP contribution < -0.4 is 10.6 Å². The smallest absolute Gasteiger partial charge is 0.303 e. The maximum absolute atomic E-state index is 13.8. The van der Waals surface area contributed by atoms with E-state index in [0.717, 1.165) is 38.5 Å². The molecule has 50 heavy (non-hydrogen) atoms. The van der Waals surface area contributed by atoms with E-state index < -0.39 is 61.5 Å². The summed E-state index contributed by atoms with van der Waals surface area (Å²) in [5.74, 6) is -2.63. The number of carbonyl (C=O) groups excluding carboxylic acids is 3. The van der Waals surface area contributed by atoms with Crippen molar-refractivity contribution in [3.63, 3.8) is 0 Å². The number of amides is 3. The van der Waals surface area contributed by atoms with Crippen LogP contribution in [-0.2, 0) is 23.9 Å². The summed E-state index contributed by atoms with van der Waals surface area (Å²) in [6.45, 7) is 3.68. The number of rotatable bonds is 31. The molecule has 292 valence electrons. The summed E-state index contributed by atoms with van der Waals surface area (Å²) in [7, 11) is 0. The summed E-state index contributed by atoms with van der Waals surface area (Å²) in [5, 5.41) is 45.5. The molecule has 1 aliphatic heterocycles. The predicted octanol–water partition coefficient (Wildman–Crippen LogP) is 5.34. The third-order valence-electron chi connectivity index (χ3n) is 9.61. The molecule has 0 spiro atoms. The summed E-state index contributed by atoms with van der Waals surface area (Å²) in [5.41, 5.74) is 0. The molecule has 3 amide bonds. The zero-order valence-corrected chi connectivity index (χ0v) is 31.3. The highest BCUT2D eigenvalue weighted by Gasteiger charge is 2.48. The van der Waals surface area contributed by atoms with E-state index in [9.17, 15) is 34.5 Å². The van der Waals surface area contributed by atoms with Crippen molar-refractivity contribution in [2.24, 2.45) is 0 Å². The highest BCUT2D eigenvalue weighted by Crippen LogP contribution is 2.26. The summed E-state index contributed by atoms with van der Waals surface area (Å²) >= 11 is 0. The van der Waals surface area contributed by atoms with E-state index in [1.165, 1.54) is 88.4 Å². The Morgan fingerprint density at radius 3 is 1.58 bits per heavy atom. The number of ether oxygens (including phenoxy) is 1. The lowest BCUT2D eigenvalue weighted by Gasteiger charge is -2.47. The van der Waals surface area contributed by atoms with Crippen molar-refractivity contribution in [3.8, 4) is 0 Å². The van der Waals surface area contributed by atoms with Gasteiger partial charge in [0.1, 0.15) is 24.4 Å². The molecule has 1 aliphatic rings. The molecule has 5 atom stereocenters. The molecule has 6 N–H and O–H groups in total. The second-order valence-corrected chi connectivity index (χ2v) is 14.0. The lowest BCUT2D eigenvalue weighted by atomic mass is 9.94. The Labute approximate surface area is 301 Å². The zero-order valence-electron chi connectivity index (χ0n) is 31.3. The number of nitrogens with zero attached hydrogens (tertiary/aromatic N) is 1. The van der Waals surface area contributed by atoms with E-state index >= 15 is 0 Å². The number of aliphatic carboxylic acids is 1. The first-order valence-electron chi connectivity index (χ1n) is 19.9. The number of aliphatic hydroxyl groups is 3. The molecule has 0 radical (unpaired) electrons. The Morgan fingerprint density at radius 2 is 1.10 bits per heavy atom. The van der Waals surface area contributed by atoms with Crippen LogP contribution in [-0.4, -0.2) is 99.3 Å². The molecule has 1 fully saturated rings. The van der Waals surface area contributed by atoms with Gasteiger partial charge in [0.05, 0.1) is 19.6 Å². The zero-order chi connectivity index (χ0) is 37.0. The van der Waals surface area contributed by atoms with Gasteiger partial charge >= 0.3 is 5.97 Å². The van der Waals surface area contributed by atoms with Crippen molar-refractivity contribution in [1.29, 1.82) is 0 Å². The van der Waals surface area contributed by atoms with Gasteiger partial charge in [0.2, 0.25) is 17.7 Å². The molecule has 0 aromatic rings. The second kappa shape index (κ2) is 29.3. The van der Waals surface area contributed by atoms with Crippen LogP contribution in [0.3, 0.4) is 0 Å². The quantitative estimate of drug-likeness (QED) is 0.0516. The average Bonchev–Trinajstić information content (AvgIpc) is 3.10. The van der Waals surface area contributed by atoms with E-state index in [0.29, 0.717) is 19.4 Å². The fourth-order valence-corrected chi connectivity index (χ4v) is 6.49. The van der Waals surface area contributed by atoms with Crippen LogP contribution in [0.25, 0.3) is 0 Å². The van der Waals surface area contributed by atoms with Crippen LogP contribution in [0.15, 0.2) is 0 Å². The SMILES string of the molecule is CCCCCCCCCCCCCC(=O)N(CCCCCCCCCCCC)[C@@H]1O[C@H](CO)[C@@H](O)[C@H](O)[C@@H]1NC(=O)CNC(=O)CCC(=O)O. The lowest BCUT2D eigenvalue weighted by Crippen LogP contribution is -2.69. The highest BCUT2D eigenvalue weighted by molar-refractivity contribution is 5.86. The molecule has 0 bridgehead atoms. The van der Waals surface area contributed by atoms with Crippen molar-refractivity contribution in [1.82, 2.24) is 15.5 Å². The molecule has 1 heterocycles. The molecule has 0 saturated carbocycles. The molecular formula is C38H71N3O9. The second-order valence-electron chi connectivity index (χ2n) is 14.0. The molecule has 1 saturated heterocycles. The van der Waals surface area contributed by atoms with Gasteiger partial charge in [0.25, 0.3) is 0 Å². The molecule has 0 aliphatic carbocycles. The molecular weight excluding hydrogens is 642 g/mol. The van der Waals surface area contributed by atoms with Crippen LogP contribution in [0.5, 0.6) is 0 Å². The summed E-state index contributed by atoms with van der Waals surface area (Å²) in [6, 6.07) is -1.22. The average molecular weight is 714 g/mol. The van der Waals surface area contributed by atoms with Gasteiger partial charge in [-0.05, 0) is 12.8 Å². The minimum atomic E-state index is -1.55. The van der Waals surface area contributed by atoms with Crippen molar-refractivity contribution >= 4 is 23.7 Å². The van der Waals surface area contributed by atoms with E-state index in [-0.39, 0.29) is 25.2 Å². The van der Waals surface area contributed by atoms with Crippen LogP contribution in [0.4, 0.5) is 0 Å². The number of hydrogen-bond donors (Lipinski definition) is 6. The van der Waals surface area contributed by atoms with Gasteiger partial charge in [-0.1, -0.05) is 136 Å². The molecule has 1 rings (SSSR count). The van der Waals surface area contributed by atoms with E-state index in [2.05, 4.69) is 24.5 Å². The Morgan fingerprint density at radius 1 is 0.620 bits per heavy atom. The minimum absolute atomic E-state index is 0.177. The Hall–Kier alpha value is -2.28. The van der Waals surface area contributed by atoms with Crippen LogP contribution >= 0.6 is 0 Å². The third-order valence-corrected chi connectivity index (χ3v) is 9.61. The molecule has 0 aromatic carbocycles. The monoisotopic (exact) mass is 714 g/mol. The number of carboxylic acid groups (broad SMARTS) is 1. The Kier molecular flexibility index (Phi) is 26.8. The van der Waals surface area contributed by atoms with Crippen LogP contribution in [0.1, 0.15) is 168 Å². The molecule has 12 nitrogen and oxygen atoms in total. The Balaban J connectivity index is 2.85. The Bertz CT molecular complexity index is 922. The maximum atomic E-state index is 13.8. The van der Waals surface area contributed by atoms with Crippen molar-refractivity contribution in [3.05, 3.63) is 0 Å². The van der Waals surface area contributed by atoms with E-state index in [4.69, 9.17) is 9.84 Å². The number of carbonyl (C=O) groups is 4. The number of nitrogens with one attached hydrogen (secondary N) is 2. The fourth-order valence-electron chi connectivity index (χ4n) is 6.49. The van der Waals surface area contributed by atoms with Crippen molar-refractivity contribution < 1.29 is 44.3 Å². The van der Waals surface area contributed by atoms with Gasteiger partial charge in [-0.3, -0.25) is 19.2 Å². The van der Waals surface area contributed by atoms with Gasteiger partial charge in [-0.15, -0.1) is 0 Å². The minimum Gasteiger partial charge on any atom is -0.481 e. The fraction of sp³-hybridized carbons (Fsp3) is 0.895. The summed E-state index contributed by atoms with van der Waals surface area (Å²) < 4.78 is 6.03. The summed E-state index contributed by atoms with van der Waals surface area (Å²) in [4.78, 5) is 50.9. The van der Waals surface area contributed by atoms with Gasteiger partial charge in [0, 0.05) is 19.4 Å². The molecule has 12 heteroatoms. The van der Waals surface area contributed by atoms with Gasteiger partial charge in [-0.25, -0.2) is 0 Å². The third kappa shape index (κ3) is 20.5. The van der Waals surface area contributed by atoms with Crippen molar-refractivity contribution in [2.75, 3.05) is 19.7 Å². The maximum Gasteiger partial charge on any atom is 0.303 e. The number of aliphatic hydroxyl groups excluding tert-OH is 3.